The molecule has 2 aliphatic heterocycles. The number of rotatable bonds is 3. The van der Waals surface area contributed by atoms with E-state index in [4.69, 9.17) is 9.73 Å². The Labute approximate surface area is 157 Å². The Morgan fingerprint density at radius 3 is 2.58 bits per heavy atom. The summed E-state index contributed by atoms with van der Waals surface area (Å²) in [4.78, 5) is 17.5. The lowest BCUT2D eigenvalue weighted by Gasteiger charge is -2.26. The van der Waals surface area contributed by atoms with Crippen molar-refractivity contribution in [1.82, 2.24) is 9.78 Å². The summed E-state index contributed by atoms with van der Waals surface area (Å²) in [5.74, 6) is 1.30. The first-order valence-corrected chi connectivity index (χ1v) is 10.2. The van der Waals surface area contributed by atoms with E-state index >= 15 is 0 Å². The molecule has 0 amide bonds. The smallest absolute Gasteiger partial charge is 0.271 e. The molecule has 1 atom stereocenters. The molecule has 1 aromatic heterocycles. The van der Waals surface area contributed by atoms with Gasteiger partial charge in [-0.25, -0.2) is 4.99 Å². The highest BCUT2D eigenvalue weighted by Gasteiger charge is 2.32. The maximum absolute atomic E-state index is 12.8. The van der Waals surface area contributed by atoms with Gasteiger partial charge in [-0.05, 0) is 36.8 Å². The van der Waals surface area contributed by atoms with Crippen molar-refractivity contribution in [2.24, 2.45) is 4.99 Å². The Kier molecular flexibility index (Phi) is 4.80. The molecule has 4 rings (SSSR count). The molecule has 0 bridgehead atoms. The van der Waals surface area contributed by atoms with Crippen molar-refractivity contribution in [3.63, 3.8) is 0 Å². The van der Waals surface area contributed by atoms with Crippen LogP contribution in [0.3, 0.4) is 0 Å². The van der Waals surface area contributed by atoms with Crippen LogP contribution in [0.5, 0.6) is 0 Å². The number of hydrogen-bond acceptors (Lipinski definition) is 4. The molecule has 0 saturated carbocycles. The third-order valence-corrected chi connectivity index (χ3v) is 6.39. The molecule has 1 fully saturated rings. The van der Waals surface area contributed by atoms with E-state index in [2.05, 4.69) is 43.2 Å². The van der Waals surface area contributed by atoms with Gasteiger partial charge in [0.2, 0.25) is 0 Å². The van der Waals surface area contributed by atoms with Crippen molar-refractivity contribution in [3.8, 4) is 0 Å². The molecule has 3 heterocycles. The Morgan fingerprint density at radius 2 is 1.92 bits per heavy atom. The standard InChI is InChI=1S/C20H25N3O2S/c1-12(2)14-4-6-15(7-5-14)18-17-19(21-13(3)26-18)23(22-20(17)24)16-8-10-25-11-9-16/h4-7,12,16,18H,8-11H2,1-3H3,(H,22,24). The molecule has 6 heteroatoms. The molecule has 1 unspecified atom stereocenters. The molecule has 1 aromatic carbocycles. The van der Waals surface area contributed by atoms with Gasteiger partial charge in [0.05, 0.1) is 21.9 Å². The van der Waals surface area contributed by atoms with Gasteiger partial charge in [-0.15, -0.1) is 0 Å². The van der Waals surface area contributed by atoms with Gasteiger partial charge in [-0.1, -0.05) is 49.9 Å². The summed E-state index contributed by atoms with van der Waals surface area (Å²) in [7, 11) is 0. The molecule has 1 saturated heterocycles. The van der Waals surface area contributed by atoms with Gasteiger partial charge in [0.15, 0.2) is 5.82 Å². The Hall–Kier alpha value is -1.79. The number of thioether (sulfide) groups is 1. The number of aromatic nitrogens is 2. The van der Waals surface area contributed by atoms with Crippen LogP contribution in [0.2, 0.25) is 0 Å². The van der Waals surface area contributed by atoms with Crippen molar-refractivity contribution in [1.29, 1.82) is 0 Å². The van der Waals surface area contributed by atoms with Gasteiger partial charge in [0.25, 0.3) is 5.56 Å². The monoisotopic (exact) mass is 371 g/mol. The van der Waals surface area contributed by atoms with E-state index in [-0.39, 0.29) is 16.9 Å². The molecule has 0 spiro atoms. The first-order chi connectivity index (χ1) is 12.5. The molecule has 0 radical (unpaired) electrons. The van der Waals surface area contributed by atoms with Crippen LogP contribution in [0.25, 0.3) is 0 Å². The van der Waals surface area contributed by atoms with E-state index in [0.29, 0.717) is 5.92 Å². The minimum Gasteiger partial charge on any atom is -0.381 e. The summed E-state index contributed by atoms with van der Waals surface area (Å²) in [5, 5.41) is 4.05. The first-order valence-electron chi connectivity index (χ1n) is 9.28. The fourth-order valence-electron chi connectivity index (χ4n) is 3.71. The first kappa shape index (κ1) is 17.6. The topological polar surface area (TPSA) is 59.4 Å². The van der Waals surface area contributed by atoms with Crippen LogP contribution in [-0.4, -0.2) is 28.0 Å². The maximum atomic E-state index is 12.8. The number of aromatic amines is 1. The number of nitrogens with zero attached hydrogens (tertiary/aromatic N) is 2. The second kappa shape index (κ2) is 7.08. The van der Waals surface area contributed by atoms with Gasteiger partial charge in [0.1, 0.15) is 0 Å². The van der Waals surface area contributed by atoms with Crippen molar-refractivity contribution >= 4 is 22.6 Å². The highest BCUT2D eigenvalue weighted by molar-refractivity contribution is 8.14. The molecular weight excluding hydrogens is 346 g/mol. The molecule has 1 N–H and O–H groups in total. The van der Waals surface area contributed by atoms with Crippen LogP contribution < -0.4 is 5.56 Å². The summed E-state index contributed by atoms with van der Waals surface area (Å²) >= 11 is 1.66. The third-order valence-electron chi connectivity index (χ3n) is 5.21. The van der Waals surface area contributed by atoms with Crippen LogP contribution in [0.4, 0.5) is 5.82 Å². The predicted molar refractivity (Wildman–Crippen MR) is 107 cm³/mol. The van der Waals surface area contributed by atoms with Crippen LogP contribution in [0, 0.1) is 0 Å². The molecular formula is C20H25N3O2S. The zero-order valence-electron chi connectivity index (χ0n) is 15.5. The summed E-state index contributed by atoms with van der Waals surface area (Å²) in [6.45, 7) is 7.87. The fourth-order valence-corrected chi connectivity index (χ4v) is 4.81. The van der Waals surface area contributed by atoms with Gasteiger partial charge < -0.3 is 4.74 Å². The van der Waals surface area contributed by atoms with Crippen LogP contribution in [0.15, 0.2) is 34.1 Å². The maximum Gasteiger partial charge on any atom is 0.271 e. The molecule has 138 valence electrons. The summed E-state index contributed by atoms with van der Waals surface area (Å²) in [6.07, 6.45) is 1.82. The third kappa shape index (κ3) is 3.16. The van der Waals surface area contributed by atoms with Crippen LogP contribution in [-0.2, 0) is 4.74 Å². The lowest BCUT2D eigenvalue weighted by Crippen LogP contribution is -2.21. The van der Waals surface area contributed by atoms with Crippen molar-refractivity contribution < 1.29 is 4.74 Å². The van der Waals surface area contributed by atoms with Crippen LogP contribution >= 0.6 is 11.8 Å². The lowest BCUT2D eigenvalue weighted by atomic mass is 9.99. The van der Waals surface area contributed by atoms with Gasteiger partial charge in [-0.2, -0.15) is 0 Å². The normalized spacial score (nSPS) is 20.9. The molecule has 26 heavy (non-hydrogen) atoms. The van der Waals surface area contributed by atoms with Crippen molar-refractivity contribution in [2.75, 3.05) is 13.2 Å². The zero-order chi connectivity index (χ0) is 18.3. The minimum atomic E-state index is -0.0202. The number of aliphatic imine (C=N–C) groups is 1. The van der Waals surface area contributed by atoms with Crippen LogP contribution in [0.1, 0.15) is 67.5 Å². The van der Waals surface area contributed by atoms with Gasteiger partial charge in [0, 0.05) is 13.2 Å². The number of fused-ring (bicyclic) bond motifs is 1. The van der Waals surface area contributed by atoms with Crippen molar-refractivity contribution in [3.05, 3.63) is 51.3 Å². The largest absolute Gasteiger partial charge is 0.381 e. The number of nitrogens with one attached hydrogen (secondary N) is 1. The number of benzene rings is 1. The zero-order valence-corrected chi connectivity index (χ0v) is 16.3. The molecule has 5 nitrogen and oxygen atoms in total. The highest BCUT2D eigenvalue weighted by Crippen LogP contribution is 2.44. The van der Waals surface area contributed by atoms with E-state index in [1.807, 2.05) is 11.6 Å². The molecule has 2 aliphatic rings. The number of hydrogen-bond donors (Lipinski definition) is 1. The summed E-state index contributed by atoms with van der Waals surface area (Å²) < 4.78 is 7.45. The second-order valence-electron chi connectivity index (χ2n) is 7.34. The quantitative estimate of drug-likeness (QED) is 0.862. The van der Waals surface area contributed by atoms with Gasteiger partial charge >= 0.3 is 0 Å². The SMILES string of the molecule is CC1=Nc2c(c(=O)[nH]n2C2CCOCC2)C(c2ccc(C(C)C)cc2)S1. The van der Waals surface area contributed by atoms with Crippen molar-refractivity contribution in [2.45, 2.75) is 50.8 Å². The van der Waals surface area contributed by atoms with E-state index in [1.54, 1.807) is 11.8 Å². The highest BCUT2D eigenvalue weighted by atomic mass is 32.2. The summed E-state index contributed by atoms with van der Waals surface area (Å²) in [6, 6.07) is 8.90. The average molecular weight is 372 g/mol. The Balaban J connectivity index is 1.75. The van der Waals surface area contributed by atoms with Gasteiger partial charge in [-0.3, -0.25) is 14.6 Å². The summed E-state index contributed by atoms with van der Waals surface area (Å²) in [5.41, 5.74) is 3.23. The average Bonchev–Trinajstić information content (AvgIpc) is 2.98. The number of H-pyrrole nitrogens is 1. The van der Waals surface area contributed by atoms with E-state index in [0.717, 1.165) is 48.0 Å². The predicted octanol–water partition coefficient (Wildman–Crippen LogP) is 4.54. The van der Waals surface area contributed by atoms with E-state index < -0.39 is 0 Å². The Morgan fingerprint density at radius 1 is 1.23 bits per heavy atom. The number of ether oxygens (including phenoxy) is 1. The lowest BCUT2D eigenvalue weighted by molar-refractivity contribution is 0.0666. The fraction of sp³-hybridized carbons (Fsp3) is 0.500. The molecule has 2 aromatic rings. The second-order valence-corrected chi connectivity index (χ2v) is 8.64. The minimum absolute atomic E-state index is 0.00597. The van der Waals surface area contributed by atoms with E-state index in [9.17, 15) is 4.79 Å². The van der Waals surface area contributed by atoms with E-state index in [1.165, 1.54) is 5.56 Å². The Bertz CT molecular complexity index is 873. The molecule has 0 aliphatic carbocycles.